The summed E-state index contributed by atoms with van der Waals surface area (Å²) in [7, 11) is 6.59. The van der Waals surface area contributed by atoms with Crippen molar-refractivity contribution in [2.75, 3.05) is 34.9 Å². The van der Waals surface area contributed by atoms with E-state index in [2.05, 4.69) is 16.0 Å². The van der Waals surface area contributed by atoms with Crippen LogP contribution in [-0.2, 0) is 9.53 Å². The third-order valence-electron chi connectivity index (χ3n) is 11.4. The molecule has 1 aliphatic carbocycles. The number of carboxylic acids is 1. The summed E-state index contributed by atoms with van der Waals surface area (Å²) in [5, 5.41) is 63.8. The molecule has 4 aliphatic heterocycles. The number of carboxylic acid groups (broad SMARTS) is 1. The predicted molar refractivity (Wildman–Crippen MR) is 183 cm³/mol. The second-order valence-corrected chi connectivity index (χ2v) is 14.0. The number of aliphatic carboxylic acids is 1. The summed E-state index contributed by atoms with van der Waals surface area (Å²) in [6.45, 7) is -0.131. The van der Waals surface area contributed by atoms with Crippen LogP contribution in [0.15, 0.2) is 42.5 Å². The summed E-state index contributed by atoms with van der Waals surface area (Å²) in [5.74, 6) is 0.334. The molecule has 4 heterocycles. The van der Waals surface area contributed by atoms with Crippen LogP contribution in [0.2, 0.25) is 0 Å². The van der Waals surface area contributed by atoms with E-state index in [0.29, 0.717) is 46.1 Å². The summed E-state index contributed by atoms with van der Waals surface area (Å²) in [6.07, 6.45) is -4.25. The number of aromatic hydroxyl groups is 1. The molecule has 8 rings (SSSR count). The molecule has 3 aromatic rings. The first-order valence-corrected chi connectivity index (χ1v) is 17.4. The van der Waals surface area contributed by atoms with Gasteiger partial charge in [0.05, 0.1) is 26.2 Å². The summed E-state index contributed by atoms with van der Waals surface area (Å²) in [6, 6.07) is 11.0. The van der Waals surface area contributed by atoms with Crippen LogP contribution in [0, 0.1) is 0 Å². The fraction of sp³-hybridized carbons (Fsp3) is 0.486. The first-order valence-electron chi connectivity index (χ1n) is 17.4. The van der Waals surface area contributed by atoms with E-state index in [1.807, 2.05) is 19.2 Å². The van der Waals surface area contributed by atoms with Gasteiger partial charge in [-0.3, -0.25) is 5.32 Å². The lowest BCUT2D eigenvalue weighted by atomic mass is 9.74. The van der Waals surface area contributed by atoms with Crippen molar-refractivity contribution in [3.05, 3.63) is 59.2 Å². The number of hydrogen-bond acceptors (Lipinski definition) is 14. The fourth-order valence-electron chi connectivity index (χ4n) is 8.90. The van der Waals surface area contributed by atoms with Gasteiger partial charge in [0.1, 0.15) is 35.6 Å². The van der Waals surface area contributed by atoms with Crippen molar-refractivity contribution in [3.8, 4) is 45.6 Å². The summed E-state index contributed by atoms with van der Waals surface area (Å²) < 4.78 is 37.6. The van der Waals surface area contributed by atoms with Crippen LogP contribution in [0.25, 0.3) is 11.1 Å². The van der Waals surface area contributed by atoms with Crippen molar-refractivity contribution in [2.24, 2.45) is 0 Å². The van der Waals surface area contributed by atoms with E-state index < -0.39 is 47.9 Å². The number of nitrogens with one attached hydrogen (secondary N) is 3. The molecule has 0 spiro atoms. The number of phenols is 1. The Morgan fingerprint density at radius 1 is 1.02 bits per heavy atom. The highest BCUT2D eigenvalue weighted by Crippen LogP contribution is 2.63. The molecular formula is C37H43N3O12. The molecule has 15 nitrogen and oxygen atoms in total. The van der Waals surface area contributed by atoms with Crippen molar-refractivity contribution in [2.45, 2.75) is 79.3 Å². The minimum atomic E-state index is -2.48. The van der Waals surface area contributed by atoms with Gasteiger partial charge in [0.15, 0.2) is 23.3 Å². The molecule has 0 saturated carbocycles. The van der Waals surface area contributed by atoms with Gasteiger partial charge < -0.3 is 64.6 Å². The molecule has 2 saturated heterocycles. The average molecular weight is 722 g/mol. The highest BCUT2D eigenvalue weighted by molar-refractivity contribution is 5.81. The Bertz CT molecular complexity index is 1910. The number of aliphatic hydroxyl groups is 3. The molecule has 0 aromatic heterocycles. The van der Waals surface area contributed by atoms with E-state index in [9.17, 15) is 30.3 Å². The van der Waals surface area contributed by atoms with Gasteiger partial charge in [-0.25, -0.2) is 4.79 Å². The maximum Gasteiger partial charge on any atom is 0.340 e. The number of methoxy groups -OCH3 is 2. The quantitative estimate of drug-likeness (QED) is 0.166. The van der Waals surface area contributed by atoms with Gasteiger partial charge in [0.25, 0.3) is 0 Å². The number of piperidine rings is 1. The lowest BCUT2D eigenvalue weighted by Crippen LogP contribution is -2.87. The number of benzene rings is 3. The van der Waals surface area contributed by atoms with Crippen LogP contribution in [0.5, 0.6) is 34.5 Å². The van der Waals surface area contributed by atoms with Crippen LogP contribution in [-0.4, -0.2) is 108 Å². The molecular weight excluding hydrogens is 678 g/mol. The van der Waals surface area contributed by atoms with Crippen molar-refractivity contribution in [1.82, 2.24) is 16.0 Å². The number of phenolic OH excluding ortho intramolecular Hbond substituents is 1. The molecule has 5 aliphatic rings. The van der Waals surface area contributed by atoms with Crippen molar-refractivity contribution in [1.29, 1.82) is 0 Å². The summed E-state index contributed by atoms with van der Waals surface area (Å²) >= 11 is 0. The first kappa shape index (κ1) is 34.7. The van der Waals surface area contributed by atoms with E-state index in [4.69, 9.17) is 28.4 Å². The lowest BCUT2D eigenvalue weighted by molar-refractivity contribution is -0.362. The van der Waals surface area contributed by atoms with Gasteiger partial charge in [-0.15, -0.1) is 0 Å². The number of likely N-dealkylation sites (N-methyl/N-ethyl adjacent to an activating group) is 1. The van der Waals surface area contributed by atoms with Gasteiger partial charge in [-0.2, -0.15) is 0 Å². The monoisotopic (exact) mass is 721 g/mol. The van der Waals surface area contributed by atoms with E-state index in [0.717, 1.165) is 24.0 Å². The molecule has 0 amide bonds. The first-order chi connectivity index (χ1) is 25.0. The standard InChI is InChI=1S/C37H43N3O12/c1-38-21-9-6-10-22-28-27-20(21)14-24(47-3)29(48-4)31(27)51-30(28)26-19(16-7-5-8-17(41)11-16)12-18(13-23(26)50-22)49-33-32(42)37(46)34(43)36(52-33,35(44)45)25(39-2)15-40-37/h5,7-8,11-14,21-22,25,28,30,32-34,38-43,46H,6,9-10,15H2,1-4H3,(H,44,45). The minimum absolute atomic E-state index is 0.0157. The van der Waals surface area contributed by atoms with E-state index in [1.54, 1.807) is 44.6 Å². The van der Waals surface area contributed by atoms with Gasteiger partial charge >= 0.3 is 5.97 Å². The molecule has 278 valence electrons. The van der Waals surface area contributed by atoms with E-state index in [-0.39, 0.29) is 36.1 Å². The maximum atomic E-state index is 12.7. The van der Waals surface area contributed by atoms with Crippen molar-refractivity contribution in [3.63, 3.8) is 0 Å². The topological polar surface area (TPSA) is 210 Å². The largest absolute Gasteiger partial charge is 0.508 e. The number of carbonyl (C=O) groups is 1. The van der Waals surface area contributed by atoms with Crippen molar-refractivity contribution >= 4 is 5.97 Å². The van der Waals surface area contributed by atoms with Crippen LogP contribution in [0.3, 0.4) is 0 Å². The molecule has 52 heavy (non-hydrogen) atoms. The third kappa shape index (κ3) is 4.87. The lowest BCUT2D eigenvalue weighted by Gasteiger charge is -2.58. The number of aliphatic hydroxyl groups excluding tert-OH is 2. The minimum Gasteiger partial charge on any atom is -0.508 e. The SMILES string of the molecule is CNC1CCCC2Oc3cc(OC4OC5(C(=O)O)C(NC)CNC(O)(C4O)C5O)cc(-c4cccc(O)c4)c3C3Oc4c(OC)c(OC)cc1c4C23. The van der Waals surface area contributed by atoms with Gasteiger partial charge in [-0.05, 0) is 74.3 Å². The highest BCUT2D eigenvalue weighted by atomic mass is 16.7. The molecule has 10 unspecified atom stereocenters. The molecule has 2 fully saturated rings. The smallest absolute Gasteiger partial charge is 0.340 e. The number of hydrogen-bond donors (Lipinski definition) is 8. The average Bonchev–Trinajstić information content (AvgIpc) is 3.53. The zero-order chi connectivity index (χ0) is 36.7. The fourth-order valence-corrected chi connectivity index (χ4v) is 8.90. The summed E-state index contributed by atoms with van der Waals surface area (Å²) in [4.78, 5) is 12.7. The molecule has 0 radical (unpaired) electrons. The molecule has 15 heteroatoms. The predicted octanol–water partition coefficient (Wildman–Crippen LogP) is 1.66. The molecule has 3 aromatic carbocycles. The number of rotatable bonds is 8. The van der Waals surface area contributed by atoms with E-state index >= 15 is 0 Å². The Morgan fingerprint density at radius 2 is 1.83 bits per heavy atom. The van der Waals surface area contributed by atoms with Crippen molar-refractivity contribution < 1.29 is 58.7 Å². The van der Waals surface area contributed by atoms with Gasteiger partial charge in [0, 0.05) is 29.8 Å². The van der Waals surface area contributed by atoms with E-state index in [1.165, 1.54) is 7.05 Å². The third-order valence-corrected chi connectivity index (χ3v) is 11.4. The Hall–Kier alpha value is -4.35. The Labute approximate surface area is 299 Å². The van der Waals surface area contributed by atoms with Crippen LogP contribution in [0.1, 0.15) is 54.0 Å². The normalized spacial score (nSPS) is 34.1. The second-order valence-electron chi connectivity index (χ2n) is 14.0. The second kappa shape index (κ2) is 12.7. The zero-order valence-electron chi connectivity index (χ0n) is 29.1. The Kier molecular flexibility index (Phi) is 8.45. The van der Waals surface area contributed by atoms with Gasteiger partial charge in [0.2, 0.25) is 17.6 Å². The zero-order valence-corrected chi connectivity index (χ0v) is 29.1. The number of ether oxygens (including phenoxy) is 6. The van der Waals surface area contributed by atoms with Gasteiger partial charge in [-0.1, -0.05) is 12.1 Å². The van der Waals surface area contributed by atoms with Crippen LogP contribution < -0.4 is 39.6 Å². The van der Waals surface area contributed by atoms with Crippen LogP contribution >= 0.6 is 0 Å². The number of fused-ring (bicyclic) bond motifs is 4. The molecule has 10 atom stereocenters. The van der Waals surface area contributed by atoms with Crippen LogP contribution in [0.4, 0.5) is 0 Å². The molecule has 2 bridgehead atoms. The Balaban J connectivity index is 1.28. The Morgan fingerprint density at radius 3 is 2.52 bits per heavy atom. The molecule has 8 N–H and O–H groups in total. The summed E-state index contributed by atoms with van der Waals surface area (Å²) in [5.41, 5.74) is -0.999. The highest BCUT2D eigenvalue weighted by Gasteiger charge is 2.71. The maximum absolute atomic E-state index is 12.7.